The van der Waals surface area contributed by atoms with E-state index in [0.29, 0.717) is 23.9 Å². The lowest BCUT2D eigenvalue weighted by Gasteiger charge is -2.21. The fraction of sp³-hybridized carbons (Fsp3) is 0.357. The molecule has 0 saturated heterocycles. The Kier molecular flexibility index (Phi) is 4.26. The Hall–Kier alpha value is -1.48. The number of hydrogen-bond acceptors (Lipinski definition) is 3. The fourth-order valence-corrected chi connectivity index (χ4v) is 2.01. The van der Waals surface area contributed by atoms with Crippen LogP contribution in [0.4, 0.5) is 5.69 Å². The summed E-state index contributed by atoms with van der Waals surface area (Å²) in [5.74, 6) is 0.738. The van der Waals surface area contributed by atoms with Gasteiger partial charge in [0, 0.05) is 17.1 Å². The van der Waals surface area contributed by atoms with Crippen LogP contribution in [0.15, 0.2) is 35.7 Å². The predicted molar refractivity (Wildman–Crippen MR) is 72.6 cm³/mol. The molecule has 18 heavy (non-hydrogen) atoms. The summed E-state index contributed by atoms with van der Waals surface area (Å²) < 4.78 is 5.56. The number of anilines is 1. The molecule has 0 radical (unpaired) electrons. The van der Waals surface area contributed by atoms with Gasteiger partial charge in [-0.2, -0.15) is 0 Å². The maximum Gasteiger partial charge on any atom is 0.198 e. The van der Waals surface area contributed by atoms with Crippen LogP contribution in [0.3, 0.4) is 0 Å². The minimum atomic E-state index is 0.145. The molecule has 96 valence electrons. The summed E-state index contributed by atoms with van der Waals surface area (Å²) in [6.07, 6.45) is 2.18. The Labute approximate surface area is 112 Å². The van der Waals surface area contributed by atoms with Crippen molar-refractivity contribution in [2.75, 3.05) is 11.9 Å². The molecule has 1 aliphatic heterocycles. The Morgan fingerprint density at radius 3 is 2.78 bits per heavy atom. The van der Waals surface area contributed by atoms with E-state index in [1.807, 2.05) is 19.1 Å². The molecule has 0 saturated carbocycles. The number of nitrogens with one attached hydrogen (secondary N) is 1. The Morgan fingerprint density at radius 1 is 1.39 bits per heavy atom. The van der Waals surface area contributed by atoms with Crippen LogP contribution in [0.25, 0.3) is 0 Å². The minimum absolute atomic E-state index is 0.145. The number of ether oxygens (including phenoxy) is 1. The lowest BCUT2D eigenvalue weighted by molar-refractivity contribution is -0.115. The highest BCUT2D eigenvalue weighted by molar-refractivity contribution is 6.30. The molecule has 1 aromatic carbocycles. The average Bonchev–Trinajstić information content (AvgIpc) is 2.41. The van der Waals surface area contributed by atoms with Gasteiger partial charge in [-0.3, -0.25) is 4.79 Å². The first-order valence-corrected chi connectivity index (χ1v) is 6.50. The Bertz CT molecular complexity index is 465. The third-order valence-corrected chi connectivity index (χ3v) is 3.10. The van der Waals surface area contributed by atoms with Gasteiger partial charge in [0.25, 0.3) is 0 Å². The minimum Gasteiger partial charge on any atom is -0.479 e. The summed E-state index contributed by atoms with van der Waals surface area (Å²) in [6.45, 7) is 2.51. The first-order chi connectivity index (χ1) is 8.70. The number of rotatable bonds is 4. The molecule has 2 rings (SSSR count). The monoisotopic (exact) mass is 265 g/mol. The largest absolute Gasteiger partial charge is 0.479 e. The molecule has 4 heteroatoms. The first-order valence-electron chi connectivity index (χ1n) is 6.12. The zero-order valence-corrected chi connectivity index (χ0v) is 11.1. The second-order valence-electron chi connectivity index (χ2n) is 4.17. The van der Waals surface area contributed by atoms with E-state index in [1.165, 1.54) is 0 Å². The van der Waals surface area contributed by atoms with Crippen LogP contribution in [0, 0.1) is 0 Å². The molecule has 0 unspecified atom stereocenters. The molecule has 0 aliphatic carbocycles. The van der Waals surface area contributed by atoms with Gasteiger partial charge in [0.15, 0.2) is 11.7 Å². The van der Waals surface area contributed by atoms with Gasteiger partial charge >= 0.3 is 0 Å². The van der Waals surface area contributed by atoms with Crippen LogP contribution in [0.1, 0.15) is 26.2 Å². The van der Waals surface area contributed by atoms with Crippen LogP contribution in [-0.2, 0) is 9.53 Å². The summed E-state index contributed by atoms with van der Waals surface area (Å²) in [4.78, 5) is 11.8. The van der Waals surface area contributed by atoms with Gasteiger partial charge in [-0.1, -0.05) is 18.5 Å². The normalized spacial score (nSPS) is 15.2. The molecule has 3 nitrogen and oxygen atoms in total. The molecular formula is C14H16ClNO2. The molecular weight excluding hydrogens is 250 g/mol. The van der Waals surface area contributed by atoms with Crippen LogP contribution in [0.5, 0.6) is 0 Å². The summed E-state index contributed by atoms with van der Waals surface area (Å²) in [5, 5.41) is 3.84. The van der Waals surface area contributed by atoms with Crippen molar-refractivity contribution < 1.29 is 9.53 Å². The predicted octanol–water partition coefficient (Wildman–Crippen LogP) is 3.75. The van der Waals surface area contributed by atoms with Gasteiger partial charge in [0.05, 0.1) is 12.2 Å². The van der Waals surface area contributed by atoms with Gasteiger partial charge in [-0.25, -0.2) is 0 Å². The van der Waals surface area contributed by atoms with E-state index in [-0.39, 0.29) is 5.78 Å². The van der Waals surface area contributed by atoms with E-state index >= 15 is 0 Å². The number of hydrogen-bond donors (Lipinski definition) is 1. The highest BCUT2D eigenvalue weighted by atomic mass is 35.5. The van der Waals surface area contributed by atoms with Crippen LogP contribution in [0.2, 0.25) is 5.02 Å². The van der Waals surface area contributed by atoms with Gasteiger partial charge in [0.1, 0.15) is 0 Å². The average molecular weight is 266 g/mol. The van der Waals surface area contributed by atoms with Crippen molar-refractivity contribution >= 4 is 23.1 Å². The molecule has 0 aromatic heterocycles. The Morgan fingerprint density at radius 2 is 2.11 bits per heavy atom. The van der Waals surface area contributed by atoms with Crippen LogP contribution >= 0.6 is 11.6 Å². The number of ketones is 1. The second-order valence-corrected chi connectivity index (χ2v) is 4.60. The van der Waals surface area contributed by atoms with Crippen molar-refractivity contribution in [2.24, 2.45) is 0 Å². The van der Waals surface area contributed by atoms with E-state index < -0.39 is 0 Å². The first kappa shape index (κ1) is 13.0. The number of allylic oxidation sites excluding steroid dienone is 1. The standard InChI is InChI=1S/C14H16ClNO2/c1-2-13(17)12-4-3-9-18-14(12)16-11-7-5-10(15)6-8-11/h5-8,16H,2-4,9H2,1H3. The highest BCUT2D eigenvalue weighted by Gasteiger charge is 2.19. The summed E-state index contributed by atoms with van der Waals surface area (Å²) in [6, 6.07) is 7.33. The maximum absolute atomic E-state index is 11.8. The smallest absolute Gasteiger partial charge is 0.198 e. The Balaban J connectivity index is 2.21. The number of benzene rings is 1. The van der Waals surface area contributed by atoms with Gasteiger partial charge in [0.2, 0.25) is 0 Å². The maximum atomic E-state index is 11.8. The third-order valence-electron chi connectivity index (χ3n) is 2.85. The van der Waals surface area contributed by atoms with Crippen LogP contribution < -0.4 is 5.32 Å². The molecule has 0 fully saturated rings. The van der Waals surface area contributed by atoms with Crippen molar-refractivity contribution in [3.05, 3.63) is 40.7 Å². The molecule has 1 aromatic rings. The lowest BCUT2D eigenvalue weighted by atomic mass is 10.0. The molecule has 1 heterocycles. The van der Waals surface area contributed by atoms with E-state index in [4.69, 9.17) is 16.3 Å². The van der Waals surface area contributed by atoms with Crippen molar-refractivity contribution in [3.8, 4) is 0 Å². The quantitative estimate of drug-likeness (QED) is 0.901. The van der Waals surface area contributed by atoms with Crippen molar-refractivity contribution in [3.63, 3.8) is 0 Å². The van der Waals surface area contributed by atoms with Crippen LogP contribution in [-0.4, -0.2) is 12.4 Å². The SMILES string of the molecule is CCC(=O)C1=C(Nc2ccc(Cl)cc2)OCCC1. The molecule has 0 bridgehead atoms. The molecule has 1 aliphatic rings. The van der Waals surface area contributed by atoms with Crippen molar-refractivity contribution in [1.29, 1.82) is 0 Å². The van der Waals surface area contributed by atoms with E-state index in [9.17, 15) is 4.79 Å². The van der Waals surface area contributed by atoms with E-state index in [1.54, 1.807) is 12.1 Å². The zero-order chi connectivity index (χ0) is 13.0. The van der Waals surface area contributed by atoms with Gasteiger partial charge < -0.3 is 10.1 Å². The third kappa shape index (κ3) is 3.05. The van der Waals surface area contributed by atoms with Gasteiger partial charge in [-0.05, 0) is 37.1 Å². The topological polar surface area (TPSA) is 38.3 Å². The molecule has 0 atom stereocenters. The number of carbonyl (C=O) groups is 1. The lowest BCUT2D eigenvalue weighted by Crippen LogP contribution is -2.18. The summed E-state index contributed by atoms with van der Waals surface area (Å²) >= 11 is 5.83. The molecule has 1 N–H and O–H groups in total. The number of carbonyl (C=O) groups excluding carboxylic acids is 1. The summed E-state index contributed by atoms with van der Waals surface area (Å²) in [7, 11) is 0. The number of halogens is 1. The van der Waals surface area contributed by atoms with Crippen molar-refractivity contribution in [2.45, 2.75) is 26.2 Å². The van der Waals surface area contributed by atoms with Gasteiger partial charge in [-0.15, -0.1) is 0 Å². The fourth-order valence-electron chi connectivity index (χ4n) is 1.88. The van der Waals surface area contributed by atoms with E-state index in [0.717, 1.165) is 24.1 Å². The highest BCUT2D eigenvalue weighted by Crippen LogP contribution is 2.23. The van der Waals surface area contributed by atoms with Crippen molar-refractivity contribution in [1.82, 2.24) is 0 Å². The number of Topliss-reactive ketones (excluding diaryl/α,β-unsaturated/α-hetero) is 1. The second kappa shape index (κ2) is 5.91. The molecule has 0 amide bonds. The van der Waals surface area contributed by atoms with E-state index in [2.05, 4.69) is 5.32 Å². The summed E-state index contributed by atoms with van der Waals surface area (Å²) in [5.41, 5.74) is 1.64. The zero-order valence-electron chi connectivity index (χ0n) is 10.3. The molecule has 0 spiro atoms.